The largest absolute Gasteiger partial charge is 0.494 e. The third-order valence-corrected chi connectivity index (χ3v) is 17.4. The van der Waals surface area contributed by atoms with Crippen LogP contribution in [0.4, 0.5) is 0 Å². The van der Waals surface area contributed by atoms with Gasteiger partial charge in [0, 0.05) is 0 Å². The molecule has 3 N–H and O–H groups in total. The molecule has 0 amide bonds. The Labute approximate surface area is 590 Å². The zero-order valence-electron chi connectivity index (χ0n) is 59.4. The highest BCUT2D eigenvalue weighted by Gasteiger charge is 2.08. The van der Waals surface area contributed by atoms with Gasteiger partial charge in [-0.3, -0.25) is 0 Å². The number of ether oxygens (including phenoxy) is 3. The standard InChI is InChI=1S/C25H36O.C23H30O3.C21H26O3.C19H22O2.CH4/c1-3-4-5-6-7-8-9-10-11-12-21-26-25-19-17-24(18-20-25)23-15-13-22(2)14-16-23;1-2-3-4-5-6-7-8-9-18-26-22-16-14-20(15-17-22)19-10-12-21(13-11-19)23(24)25;1-2-3-4-5-6-7-16-24-20-14-12-18(13-15-20)17-8-10-19(11-9-17)21(22)23;1-2-3-4-5-6-15-7-9-16(10-8-15)17-11-13-18(14-12-17)19(20)21;/h13-20H,3-12,21H2,1-2H3;10-17H,2-9,18H2,1H3,(H,24,25);8-15H,2-7,16H2,1H3,(H,22,23);7-14H,2-6H2,1H3,(H,20,21);1H4. The Morgan fingerprint density at radius 3 is 0.684 bits per heavy atom. The van der Waals surface area contributed by atoms with Crippen molar-refractivity contribution in [1.82, 2.24) is 0 Å². The minimum absolute atomic E-state index is 0. The van der Waals surface area contributed by atoms with Crippen LogP contribution in [0.2, 0.25) is 0 Å². The fourth-order valence-corrected chi connectivity index (χ4v) is 11.3. The molecule has 0 atom stereocenters. The molecule has 9 heteroatoms. The molecule has 0 fully saturated rings. The Morgan fingerprint density at radius 1 is 0.255 bits per heavy atom. The van der Waals surface area contributed by atoms with Gasteiger partial charge in [0.1, 0.15) is 17.2 Å². The quantitative estimate of drug-likeness (QED) is 0.0319. The molecule has 0 spiro atoms. The molecule has 8 rings (SSSR count). The van der Waals surface area contributed by atoms with Gasteiger partial charge in [0.05, 0.1) is 36.5 Å². The van der Waals surface area contributed by atoms with Crippen molar-refractivity contribution in [3.63, 3.8) is 0 Å². The van der Waals surface area contributed by atoms with Crippen molar-refractivity contribution in [1.29, 1.82) is 0 Å². The van der Waals surface area contributed by atoms with Crippen molar-refractivity contribution in [2.45, 2.75) is 228 Å². The molecule has 9 nitrogen and oxygen atoms in total. The first kappa shape index (κ1) is 82.0. The fourth-order valence-electron chi connectivity index (χ4n) is 11.3. The summed E-state index contributed by atoms with van der Waals surface area (Å²) in [6.07, 6.45) is 37.8. The first-order chi connectivity index (χ1) is 47.4. The van der Waals surface area contributed by atoms with E-state index in [2.05, 4.69) is 107 Å². The predicted octanol–water partition coefficient (Wildman–Crippen LogP) is 26.1. The van der Waals surface area contributed by atoms with Gasteiger partial charge in [0.15, 0.2) is 0 Å². The molecule has 8 aromatic rings. The van der Waals surface area contributed by atoms with E-state index in [0.717, 1.165) is 96.1 Å². The molecule has 0 aliphatic carbocycles. The Balaban J connectivity index is 0.000000277. The number of unbranched alkanes of at least 4 members (excludes halogenated alkanes) is 24. The van der Waals surface area contributed by atoms with Gasteiger partial charge in [-0.15, -0.1) is 0 Å². The topological polar surface area (TPSA) is 140 Å². The Hall–Kier alpha value is -8.43. The summed E-state index contributed by atoms with van der Waals surface area (Å²) in [7, 11) is 0. The Morgan fingerprint density at radius 2 is 0.449 bits per heavy atom. The molecule has 98 heavy (non-hydrogen) atoms. The molecule has 0 aliphatic rings. The van der Waals surface area contributed by atoms with E-state index in [-0.39, 0.29) is 7.43 Å². The maximum atomic E-state index is 10.9. The van der Waals surface area contributed by atoms with E-state index < -0.39 is 17.9 Å². The van der Waals surface area contributed by atoms with E-state index in [4.69, 9.17) is 29.5 Å². The fraction of sp³-hybridized carbons (Fsp3) is 0.427. The molecule has 0 radical (unpaired) electrons. The van der Waals surface area contributed by atoms with Gasteiger partial charge in [0.25, 0.3) is 0 Å². The number of aromatic carboxylic acids is 3. The van der Waals surface area contributed by atoms with Crippen LogP contribution in [0.3, 0.4) is 0 Å². The number of carbonyl (C=O) groups is 3. The van der Waals surface area contributed by atoms with Crippen molar-refractivity contribution in [2.24, 2.45) is 0 Å². The number of carboxylic acids is 3. The smallest absolute Gasteiger partial charge is 0.335 e. The average Bonchev–Trinajstić information content (AvgIpc) is 0.909. The van der Waals surface area contributed by atoms with Crippen LogP contribution in [0.15, 0.2) is 194 Å². The van der Waals surface area contributed by atoms with Crippen molar-refractivity contribution < 1.29 is 43.9 Å². The summed E-state index contributed by atoms with van der Waals surface area (Å²) in [5.41, 5.74) is 12.4. The number of hydrogen-bond donors (Lipinski definition) is 3. The van der Waals surface area contributed by atoms with Gasteiger partial charge in [-0.2, -0.15) is 0 Å². The van der Waals surface area contributed by atoms with Crippen LogP contribution >= 0.6 is 0 Å². The summed E-state index contributed by atoms with van der Waals surface area (Å²) in [4.78, 5) is 32.6. The maximum absolute atomic E-state index is 10.9. The third kappa shape index (κ3) is 34.2. The van der Waals surface area contributed by atoms with Crippen molar-refractivity contribution in [2.75, 3.05) is 19.8 Å². The highest BCUT2D eigenvalue weighted by atomic mass is 16.5. The van der Waals surface area contributed by atoms with Crippen LogP contribution in [-0.4, -0.2) is 53.0 Å². The van der Waals surface area contributed by atoms with E-state index in [9.17, 15) is 14.4 Å². The third-order valence-electron chi connectivity index (χ3n) is 17.4. The molecular weight excluding hydrogens is 1210 g/mol. The second kappa shape index (κ2) is 50.9. The van der Waals surface area contributed by atoms with Gasteiger partial charge >= 0.3 is 17.9 Å². The van der Waals surface area contributed by atoms with Crippen molar-refractivity contribution in [3.8, 4) is 61.8 Å². The second-order valence-electron chi connectivity index (χ2n) is 25.6. The van der Waals surface area contributed by atoms with Gasteiger partial charge in [0.2, 0.25) is 0 Å². The Kier molecular flexibility index (Phi) is 42.5. The van der Waals surface area contributed by atoms with E-state index in [1.165, 1.54) is 183 Å². The number of carboxylic acid groups (broad SMARTS) is 3. The summed E-state index contributed by atoms with van der Waals surface area (Å²) in [5.74, 6) is 0.0651. The number of benzene rings is 8. The van der Waals surface area contributed by atoms with Crippen LogP contribution in [0.5, 0.6) is 17.2 Å². The lowest BCUT2D eigenvalue weighted by molar-refractivity contribution is 0.0686. The summed E-state index contributed by atoms with van der Waals surface area (Å²) in [6, 6.07) is 62.5. The van der Waals surface area contributed by atoms with Gasteiger partial charge in [-0.05, 0) is 162 Å². The summed E-state index contributed by atoms with van der Waals surface area (Å²) < 4.78 is 17.5. The molecule has 0 unspecified atom stereocenters. The average molecular weight is 1330 g/mol. The van der Waals surface area contributed by atoms with E-state index in [0.29, 0.717) is 16.7 Å². The SMILES string of the molecule is C.CCCCCCCCCCCCOc1ccc(-c2ccc(C)cc2)cc1.CCCCCCCCCCOc1ccc(-c2ccc(C(=O)O)cc2)cc1.CCCCCCCCOc1ccc(-c2ccc(C(=O)O)cc2)cc1.CCCCCCc1ccc(-c2ccc(C(=O)O)cc2)cc1. The van der Waals surface area contributed by atoms with E-state index in [1.54, 1.807) is 36.4 Å². The number of aryl methyl sites for hydroxylation is 2. The first-order valence-electron chi connectivity index (χ1n) is 36.8. The first-order valence-corrected chi connectivity index (χ1v) is 36.8. The molecule has 0 heterocycles. The predicted molar refractivity (Wildman–Crippen MR) is 412 cm³/mol. The number of rotatable bonds is 42. The molecular formula is C89H118O9. The van der Waals surface area contributed by atoms with Gasteiger partial charge in [-0.25, -0.2) is 14.4 Å². The van der Waals surface area contributed by atoms with Crippen LogP contribution in [-0.2, 0) is 6.42 Å². The highest BCUT2D eigenvalue weighted by Crippen LogP contribution is 2.28. The molecule has 8 aromatic carbocycles. The Bertz CT molecular complexity index is 3320. The van der Waals surface area contributed by atoms with Crippen LogP contribution in [0, 0.1) is 6.92 Å². The summed E-state index contributed by atoms with van der Waals surface area (Å²) in [6.45, 7) is 13.5. The number of hydrogen-bond acceptors (Lipinski definition) is 6. The van der Waals surface area contributed by atoms with Crippen LogP contribution < -0.4 is 14.2 Å². The zero-order chi connectivity index (χ0) is 69.3. The molecule has 0 aromatic heterocycles. The van der Waals surface area contributed by atoms with E-state index >= 15 is 0 Å². The molecule has 0 saturated heterocycles. The summed E-state index contributed by atoms with van der Waals surface area (Å²) >= 11 is 0. The molecule has 528 valence electrons. The van der Waals surface area contributed by atoms with Gasteiger partial charge in [-0.1, -0.05) is 316 Å². The monoisotopic (exact) mass is 1330 g/mol. The molecule has 0 bridgehead atoms. The lowest BCUT2D eigenvalue weighted by Gasteiger charge is -2.08. The normalized spacial score (nSPS) is 10.5. The summed E-state index contributed by atoms with van der Waals surface area (Å²) in [5, 5.41) is 26.8. The van der Waals surface area contributed by atoms with Crippen molar-refractivity contribution in [3.05, 3.63) is 222 Å². The minimum Gasteiger partial charge on any atom is -0.494 e. The van der Waals surface area contributed by atoms with Crippen molar-refractivity contribution >= 4 is 17.9 Å². The van der Waals surface area contributed by atoms with Gasteiger partial charge < -0.3 is 29.5 Å². The van der Waals surface area contributed by atoms with E-state index in [1.807, 2.05) is 84.9 Å². The maximum Gasteiger partial charge on any atom is 0.335 e. The van der Waals surface area contributed by atoms with Crippen LogP contribution in [0.25, 0.3) is 44.5 Å². The zero-order valence-corrected chi connectivity index (χ0v) is 59.4. The molecule has 0 saturated carbocycles. The van der Waals surface area contributed by atoms with Crippen LogP contribution in [0.1, 0.15) is 257 Å². The molecule has 0 aliphatic heterocycles. The lowest BCUT2D eigenvalue weighted by atomic mass is 10.0. The second-order valence-corrected chi connectivity index (χ2v) is 25.6. The lowest BCUT2D eigenvalue weighted by Crippen LogP contribution is -1.97. The highest BCUT2D eigenvalue weighted by molar-refractivity contribution is 5.89. The minimum atomic E-state index is -0.903.